The third-order valence-electron chi connectivity index (χ3n) is 6.93. The van der Waals surface area contributed by atoms with E-state index in [1.165, 1.54) is 6.92 Å². The van der Waals surface area contributed by atoms with Gasteiger partial charge < -0.3 is 20.6 Å². The molecule has 38 heavy (non-hydrogen) atoms. The van der Waals surface area contributed by atoms with Crippen molar-refractivity contribution in [2.45, 2.75) is 82.8 Å². The molecule has 1 saturated carbocycles. The van der Waals surface area contributed by atoms with Gasteiger partial charge in [0.2, 0.25) is 0 Å². The summed E-state index contributed by atoms with van der Waals surface area (Å²) in [7, 11) is 0. The van der Waals surface area contributed by atoms with Gasteiger partial charge in [0.05, 0.1) is 17.0 Å². The van der Waals surface area contributed by atoms with Gasteiger partial charge in [-0.15, -0.1) is 11.3 Å². The smallest absolute Gasteiger partial charge is 0.391 e. The van der Waals surface area contributed by atoms with Crippen LogP contribution < -0.4 is 10.6 Å². The molecule has 4 rings (SSSR count). The zero-order valence-electron chi connectivity index (χ0n) is 20.7. The molecule has 0 aromatic carbocycles. The number of pyridine rings is 1. The molecular formula is C24H28F5N5O3S. The first-order valence-electron chi connectivity index (χ1n) is 12.3. The van der Waals surface area contributed by atoms with Gasteiger partial charge in [0.15, 0.2) is 5.01 Å². The average Bonchev–Trinajstić information content (AvgIpc) is 3.50. The SMILES string of the molecule is CCC(Nc1cc(C(F)F)c(-c2sc(C(=O)NC3CCC3O)nc2C(=O)N2CCCC2C)cn1)C(F)(F)F. The number of likely N-dealkylation sites (tertiary alicyclic amines) is 1. The number of carbonyl (C=O) groups excluding carboxylic acids is 2. The molecule has 1 aliphatic heterocycles. The maximum atomic E-state index is 14.2. The Morgan fingerprint density at radius 3 is 2.53 bits per heavy atom. The first-order chi connectivity index (χ1) is 17.9. The molecule has 0 bridgehead atoms. The molecule has 2 aliphatic rings. The first-order valence-corrected chi connectivity index (χ1v) is 13.1. The highest BCUT2D eigenvalue weighted by Gasteiger charge is 2.39. The lowest BCUT2D eigenvalue weighted by atomic mass is 9.89. The maximum absolute atomic E-state index is 14.2. The van der Waals surface area contributed by atoms with Crippen LogP contribution >= 0.6 is 11.3 Å². The summed E-state index contributed by atoms with van der Waals surface area (Å²) in [6.07, 6.45) is -5.20. The van der Waals surface area contributed by atoms with E-state index < -0.39 is 54.0 Å². The topological polar surface area (TPSA) is 107 Å². The van der Waals surface area contributed by atoms with E-state index >= 15 is 0 Å². The Labute approximate surface area is 219 Å². The molecule has 3 heterocycles. The van der Waals surface area contributed by atoms with Crippen molar-refractivity contribution in [2.24, 2.45) is 0 Å². The fraction of sp³-hybridized carbons (Fsp3) is 0.583. The zero-order valence-corrected chi connectivity index (χ0v) is 21.5. The van der Waals surface area contributed by atoms with E-state index in [-0.39, 0.29) is 33.6 Å². The van der Waals surface area contributed by atoms with Crippen molar-refractivity contribution in [3.8, 4) is 10.4 Å². The van der Waals surface area contributed by atoms with Crippen molar-refractivity contribution in [1.29, 1.82) is 0 Å². The van der Waals surface area contributed by atoms with E-state index in [0.29, 0.717) is 19.4 Å². The largest absolute Gasteiger partial charge is 0.408 e. The van der Waals surface area contributed by atoms with Gasteiger partial charge in [-0.25, -0.2) is 18.7 Å². The van der Waals surface area contributed by atoms with Crippen molar-refractivity contribution >= 4 is 29.0 Å². The average molecular weight is 562 g/mol. The lowest BCUT2D eigenvalue weighted by Gasteiger charge is -2.32. The number of aliphatic hydroxyl groups excluding tert-OH is 1. The fourth-order valence-corrected chi connectivity index (χ4v) is 5.50. The second-order valence-corrected chi connectivity index (χ2v) is 10.5. The Kier molecular flexibility index (Phi) is 8.21. The normalized spacial score (nSPS) is 22.3. The molecule has 2 aromatic rings. The van der Waals surface area contributed by atoms with Crippen molar-refractivity contribution < 1.29 is 36.6 Å². The van der Waals surface area contributed by atoms with Gasteiger partial charge in [0, 0.05) is 29.9 Å². The Morgan fingerprint density at radius 2 is 2.00 bits per heavy atom. The van der Waals surface area contributed by atoms with Gasteiger partial charge in [0.25, 0.3) is 18.2 Å². The number of nitrogens with one attached hydrogen (secondary N) is 2. The summed E-state index contributed by atoms with van der Waals surface area (Å²) in [6.45, 7) is 3.59. The number of aromatic nitrogens is 2. The number of carbonyl (C=O) groups is 2. The molecule has 3 N–H and O–H groups in total. The summed E-state index contributed by atoms with van der Waals surface area (Å²) in [5.41, 5.74) is -1.04. The van der Waals surface area contributed by atoms with E-state index in [9.17, 15) is 36.6 Å². The van der Waals surface area contributed by atoms with E-state index in [0.717, 1.165) is 36.4 Å². The minimum Gasteiger partial charge on any atom is -0.391 e. The summed E-state index contributed by atoms with van der Waals surface area (Å²) >= 11 is 0.721. The van der Waals surface area contributed by atoms with Crippen LogP contribution in [0, 0.1) is 0 Å². The molecule has 2 amide bonds. The monoisotopic (exact) mass is 561 g/mol. The number of thiazole rings is 1. The van der Waals surface area contributed by atoms with Gasteiger partial charge in [0.1, 0.15) is 17.6 Å². The van der Waals surface area contributed by atoms with Crippen LogP contribution in [0.2, 0.25) is 0 Å². The number of nitrogens with zero attached hydrogens (tertiary/aromatic N) is 3. The third-order valence-corrected chi connectivity index (χ3v) is 8.02. The number of rotatable bonds is 8. The molecule has 0 radical (unpaired) electrons. The lowest BCUT2D eigenvalue weighted by Crippen LogP contribution is -2.50. The van der Waals surface area contributed by atoms with Gasteiger partial charge in [-0.3, -0.25) is 9.59 Å². The van der Waals surface area contributed by atoms with Crippen LogP contribution in [-0.4, -0.2) is 68.7 Å². The number of hydrogen-bond donors (Lipinski definition) is 3. The highest BCUT2D eigenvalue weighted by molar-refractivity contribution is 7.17. The molecule has 2 fully saturated rings. The molecule has 8 nitrogen and oxygen atoms in total. The predicted molar refractivity (Wildman–Crippen MR) is 130 cm³/mol. The van der Waals surface area contributed by atoms with Crippen LogP contribution in [0.25, 0.3) is 10.4 Å². The summed E-state index contributed by atoms with van der Waals surface area (Å²) in [5.74, 6) is -1.58. The number of halogens is 5. The highest BCUT2D eigenvalue weighted by atomic mass is 32.1. The summed E-state index contributed by atoms with van der Waals surface area (Å²) in [4.78, 5) is 35.9. The van der Waals surface area contributed by atoms with E-state index in [1.54, 1.807) is 4.90 Å². The van der Waals surface area contributed by atoms with Crippen LogP contribution in [0.4, 0.5) is 27.8 Å². The van der Waals surface area contributed by atoms with Crippen LogP contribution in [0.1, 0.15) is 78.2 Å². The maximum Gasteiger partial charge on any atom is 0.408 e. The second-order valence-electron chi connectivity index (χ2n) is 9.52. The van der Waals surface area contributed by atoms with E-state index in [2.05, 4.69) is 20.6 Å². The van der Waals surface area contributed by atoms with Crippen molar-refractivity contribution in [3.05, 3.63) is 28.5 Å². The van der Waals surface area contributed by atoms with Gasteiger partial charge in [-0.1, -0.05) is 6.92 Å². The molecular weight excluding hydrogens is 533 g/mol. The molecule has 4 atom stereocenters. The highest BCUT2D eigenvalue weighted by Crippen LogP contribution is 2.39. The number of anilines is 1. The summed E-state index contributed by atoms with van der Waals surface area (Å²) in [6, 6.07) is -1.75. The van der Waals surface area contributed by atoms with Crippen molar-refractivity contribution in [1.82, 2.24) is 20.2 Å². The Hall–Kier alpha value is -2.87. The number of hydrogen-bond acceptors (Lipinski definition) is 7. The van der Waals surface area contributed by atoms with Crippen LogP contribution in [0.5, 0.6) is 0 Å². The number of amides is 2. The van der Waals surface area contributed by atoms with Gasteiger partial charge in [-0.2, -0.15) is 13.2 Å². The summed E-state index contributed by atoms with van der Waals surface area (Å²) < 4.78 is 68.0. The Morgan fingerprint density at radius 1 is 1.26 bits per heavy atom. The fourth-order valence-electron chi connectivity index (χ4n) is 4.51. The summed E-state index contributed by atoms with van der Waals surface area (Å²) in [5, 5.41) is 14.4. The van der Waals surface area contributed by atoms with Crippen molar-refractivity contribution in [3.63, 3.8) is 0 Å². The minimum atomic E-state index is -4.61. The zero-order chi connectivity index (χ0) is 27.8. The third kappa shape index (κ3) is 5.75. The van der Waals surface area contributed by atoms with Crippen LogP contribution in [0.3, 0.4) is 0 Å². The Balaban J connectivity index is 1.74. The number of alkyl halides is 5. The lowest BCUT2D eigenvalue weighted by molar-refractivity contribution is -0.142. The van der Waals surface area contributed by atoms with Crippen molar-refractivity contribution in [2.75, 3.05) is 11.9 Å². The molecule has 1 aliphatic carbocycles. The van der Waals surface area contributed by atoms with E-state index in [1.807, 2.05) is 6.92 Å². The standard InChI is InChI=1S/C24H28F5N5O3S/c1-3-16(24(27,28)29)32-17-9-12(20(25)26)13(10-30-17)19-18(23(37)34-8-4-5-11(34)2)33-22(38-19)21(36)31-14-6-7-15(14)35/h9-11,14-16,20,35H,3-8H2,1-2H3,(H,30,32)(H,31,36). The van der Waals surface area contributed by atoms with Gasteiger partial charge in [-0.05, 0) is 45.1 Å². The van der Waals surface area contributed by atoms with E-state index in [4.69, 9.17) is 0 Å². The predicted octanol–water partition coefficient (Wildman–Crippen LogP) is 4.77. The minimum absolute atomic E-state index is 0.0226. The van der Waals surface area contributed by atoms with Gasteiger partial charge >= 0.3 is 6.18 Å². The number of aliphatic hydroxyl groups is 1. The molecule has 4 unspecified atom stereocenters. The van der Waals surface area contributed by atoms with Crippen LogP contribution in [0.15, 0.2) is 12.3 Å². The van der Waals surface area contributed by atoms with Crippen LogP contribution in [-0.2, 0) is 0 Å². The second kappa shape index (κ2) is 11.1. The molecule has 1 saturated heterocycles. The quantitative estimate of drug-likeness (QED) is 0.401. The molecule has 0 spiro atoms. The molecule has 14 heteroatoms. The Bertz CT molecular complexity index is 1190. The molecule has 2 aromatic heterocycles. The first kappa shape index (κ1) is 28.1. The molecule has 208 valence electrons.